The van der Waals surface area contributed by atoms with Gasteiger partial charge in [-0.25, -0.2) is 0 Å². The normalized spacial score (nSPS) is 10.8. The summed E-state index contributed by atoms with van der Waals surface area (Å²) < 4.78 is 0. The molecule has 1 rings (SSSR count). The topological polar surface area (TPSA) is 66.4 Å². The number of benzene rings is 1. The molecule has 0 aromatic heterocycles. The lowest BCUT2D eigenvalue weighted by atomic mass is 9.85. The maximum atomic E-state index is 11.5. The number of nitrogens with one attached hydrogen (secondary N) is 1. The van der Waals surface area contributed by atoms with Gasteiger partial charge in [0.2, 0.25) is 5.91 Å². The third-order valence-corrected chi connectivity index (χ3v) is 3.00. The number of carboxylic acid groups (broad SMARTS) is 1. The SMILES string of the molecule is C=CCCC(=O)Nc1ccc(C(C)(C)C(=O)O)cc1. The van der Waals surface area contributed by atoms with Crippen molar-refractivity contribution in [1.29, 1.82) is 0 Å². The van der Waals surface area contributed by atoms with Crippen LogP contribution < -0.4 is 5.32 Å². The Balaban J connectivity index is 2.74. The molecule has 0 unspecified atom stereocenters. The van der Waals surface area contributed by atoms with Crippen LogP contribution in [-0.4, -0.2) is 17.0 Å². The van der Waals surface area contributed by atoms with E-state index >= 15 is 0 Å². The van der Waals surface area contributed by atoms with Crippen molar-refractivity contribution < 1.29 is 14.7 Å². The summed E-state index contributed by atoms with van der Waals surface area (Å²) in [5, 5.41) is 11.9. The highest BCUT2D eigenvalue weighted by Crippen LogP contribution is 2.24. The number of carbonyl (C=O) groups is 2. The summed E-state index contributed by atoms with van der Waals surface area (Å²) >= 11 is 0. The van der Waals surface area contributed by atoms with Gasteiger partial charge in [0.1, 0.15) is 0 Å². The average molecular weight is 261 g/mol. The molecule has 4 nitrogen and oxygen atoms in total. The van der Waals surface area contributed by atoms with Crippen molar-refractivity contribution in [3.8, 4) is 0 Å². The van der Waals surface area contributed by atoms with Gasteiger partial charge in [-0.15, -0.1) is 6.58 Å². The van der Waals surface area contributed by atoms with E-state index < -0.39 is 11.4 Å². The van der Waals surface area contributed by atoms with Crippen LogP contribution in [-0.2, 0) is 15.0 Å². The van der Waals surface area contributed by atoms with Crippen LogP contribution in [0.4, 0.5) is 5.69 Å². The second kappa shape index (κ2) is 6.18. The Morgan fingerprint density at radius 3 is 2.37 bits per heavy atom. The van der Waals surface area contributed by atoms with E-state index in [1.165, 1.54) is 0 Å². The molecule has 0 aliphatic rings. The lowest BCUT2D eigenvalue weighted by Gasteiger charge is -2.19. The summed E-state index contributed by atoms with van der Waals surface area (Å²) in [4.78, 5) is 22.6. The predicted molar refractivity (Wildman–Crippen MR) is 75.2 cm³/mol. The van der Waals surface area contributed by atoms with Crippen LogP contribution in [0, 0.1) is 0 Å². The number of hydrogen-bond donors (Lipinski definition) is 2. The van der Waals surface area contributed by atoms with E-state index in [1.54, 1.807) is 44.2 Å². The molecule has 102 valence electrons. The number of carbonyl (C=O) groups excluding carboxylic acids is 1. The van der Waals surface area contributed by atoms with Crippen molar-refractivity contribution in [3.05, 3.63) is 42.5 Å². The van der Waals surface area contributed by atoms with Crippen molar-refractivity contribution in [1.82, 2.24) is 0 Å². The lowest BCUT2D eigenvalue weighted by Crippen LogP contribution is -2.28. The van der Waals surface area contributed by atoms with E-state index in [1.807, 2.05) is 0 Å². The molecule has 1 amide bonds. The Hall–Kier alpha value is -2.10. The Morgan fingerprint density at radius 1 is 1.32 bits per heavy atom. The summed E-state index contributed by atoms with van der Waals surface area (Å²) in [6, 6.07) is 6.87. The average Bonchev–Trinajstić information content (AvgIpc) is 2.36. The Kier molecular flexibility index (Phi) is 4.87. The molecule has 0 atom stereocenters. The summed E-state index contributed by atoms with van der Waals surface area (Å²) in [6.07, 6.45) is 2.72. The first-order valence-corrected chi connectivity index (χ1v) is 6.12. The zero-order valence-corrected chi connectivity index (χ0v) is 11.3. The van der Waals surface area contributed by atoms with Crippen molar-refractivity contribution in [2.24, 2.45) is 0 Å². The first kappa shape index (κ1) is 15.0. The van der Waals surface area contributed by atoms with E-state index in [0.29, 0.717) is 24.1 Å². The molecule has 0 radical (unpaired) electrons. The summed E-state index contributed by atoms with van der Waals surface area (Å²) in [5.74, 6) is -0.958. The molecule has 1 aromatic carbocycles. The maximum absolute atomic E-state index is 11.5. The van der Waals surface area contributed by atoms with Gasteiger partial charge in [0, 0.05) is 12.1 Å². The van der Waals surface area contributed by atoms with Gasteiger partial charge in [0.05, 0.1) is 5.41 Å². The number of hydrogen-bond acceptors (Lipinski definition) is 2. The van der Waals surface area contributed by atoms with Gasteiger partial charge in [0.15, 0.2) is 0 Å². The van der Waals surface area contributed by atoms with Crippen LogP contribution in [0.1, 0.15) is 32.3 Å². The molecule has 0 heterocycles. The smallest absolute Gasteiger partial charge is 0.313 e. The molecule has 0 saturated heterocycles. The first-order chi connectivity index (χ1) is 8.87. The molecule has 0 aliphatic carbocycles. The molecule has 0 spiro atoms. The van der Waals surface area contributed by atoms with Gasteiger partial charge >= 0.3 is 5.97 Å². The molecule has 0 aliphatic heterocycles. The van der Waals surface area contributed by atoms with Gasteiger partial charge in [0.25, 0.3) is 0 Å². The molecule has 0 fully saturated rings. The molecule has 19 heavy (non-hydrogen) atoms. The van der Waals surface area contributed by atoms with Crippen LogP contribution in [0.3, 0.4) is 0 Å². The van der Waals surface area contributed by atoms with E-state index in [-0.39, 0.29) is 5.91 Å². The van der Waals surface area contributed by atoms with E-state index in [9.17, 15) is 9.59 Å². The second-order valence-corrected chi connectivity index (χ2v) is 4.88. The highest BCUT2D eigenvalue weighted by molar-refractivity contribution is 5.90. The van der Waals surface area contributed by atoms with Gasteiger partial charge in [-0.2, -0.15) is 0 Å². The van der Waals surface area contributed by atoms with Crippen LogP contribution >= 0.6 is 0 Å². The van der Waals surface area contributed by atoms with Crippen LogP contribution in [0.15, 0.2) is 36.9 Å². The molecular weight excluding hydrogens is 242 g/mol. The molecular formula is C15H19NO3. The number of aliphatic carboxylic acids is 1. The second-order valence-electron chi connectivity index (χ2n) is 4.88. The van der Waals surface area contributed by atoms with E-state index in [2.05, 4.69) is 11.9 Å². The minimum absolute atomic E-state index is 0.0786. The number of amides is 1. The number of rotatable bonds is 6. The molecule has 1 aromatic rings. The van der Waals surface area contributed by atoms with Crippen LogP contribution in [0.25, 0.3) is 0 Å². The number of anilines is 1. The van der Waals surface area contributed by atoms with Crippen LogP contribution in [0.5, 0.6) is 0 Å². The largest absolute Gasteiger partial charge is 0.481 e. The Bertz CT molecular complexity index is 475. The van der Waals surface area contributed by atoms with Gasteiger partial charge in [-0.1, -0.05) is 18.2 Å². The third-order valence-electron chi connectivity index (χ3n) is 3.00. The highest BCUT2D eigenvalue weighted by Gasteiger charge is 2.29. The fourth-order valence-electron chi connectivity index (χ4n) is 1.55. The highest BCUT2D eigenvalue weighted by atomic mass is 16.4. The van der Waals surface area contributed by atoms with Gasteiger partial charge < -0.3 is 10.4 Å². The first-order valence-electron chi connectivity index (χ1n) is 6.12. The monoisotopic (exact) mass is 261 g/mol. The molecule has 4 heteroatoms. The van der Waals surface area contributed by atoms with E-state index in [4.69, 9.17) is 5.11 Å². The Labute approximate surface area is 113 Å². The van der Waals surface area contributed by atoms with Crippen molar-refractivity contribution in [2.45, 2.75) is 32.1 Å². The lowest BCUT2D eigenvalue weighted by molar-refractivity contribution is -0.142. The fourth-order valence-corrected chi connectivity index (χ4v) is 1.55. The minimum Gasteiger partial charge on any atom is -0.481 e. The quantitative estimate of drug-likeness (QED) is 0.774. The molecule has 2 N–H and O–H groups in total. The predicted octanol–water partition coefficient (Wildman–Crippen LogP) is 2.95. The summed E-state index contributed by atoms with van der Waals surface area (Å²) in [7, 11) is 0. The molecule has 0 bridgehead atoms. The van der Waals surface area contributed by atoms with Crippen molar-refractivity contribution in [2.75, 3.05) is 5.32 Å². The third kappa shape index (κ3) is 3.95. The fraction of sp³-hybridized carbons (Fsp3) is 0.333. The van der Waals surface area contributed by atoms with Crippen molar-refractivity contribution in [3.63, 3.8) is 0 Å². The zero-order chi connectivity index (χ0) is 14.5. The number of carboxylic acids is 1. The number of allylic oxidation sites excluding steroid dienone is 1. The standard InChI is InChI=1S/C15H19NO3/c1-4-5-6-13(17)16-12-9-7-11(8-10-12)15(2,3)14(18)19/h4,7-10H,1,5-6H2,2-3H3,(H,16,17)(H,18,19). The van der Waals surface area contributed by atoms with E-state index in [0.717, 1.165) is 0 Å². The summed E-state index contributed by atoms with van der Waals surface area (Å²) in [5.41, 5.74) is 0.425. The van der Waals surface area contributed by atoms with Gasteiger partial charge in [-0.05, 0) is 38.0 Å². The Morgan fingerprint density at radius 2 is 1.89 bits per heavy atom. The van der Waals surface area contributed by atoms with Gasteiger partial charge in [-0.3, -0.25) is 9.59 Å². The van der Waals surface area contributed by atoms with Crippen LogP contribution in [0.2, 0.25) is 0 Å². The molecule has 0 saturated carbocycles. The summed E-state index contributed by atoms with van der Waals surface area (Å²) in [6.45, 7) is 6.85. The zero-order valence-electron chi connectivity index (χ0n) is 11.3. The minimum atomic E-state index is -0.939. The maximum Gasteiger partial charge on any atom is 0.313 e. The van der Waals surface area contributed by atoms with Crippen molar-refractivity contribution >= 4 is 17.6 Å².